The Labute approximate surface area is 88.9 Å². The van der Waals surface area contributed by atoms with Crippen LogP contribution in [0.5, 0.6) is 0 Å². The number of carboxylic acid groups (broad SMARTS) is 1. The van der Waals surface area contributed by atoms with Crippen LogP contribution in [0.4, 0.5) is 0 Å². The average molecular weight is 212 g/mol. The molecular weight excluding hydrogens is 196 g/mol. The molecule has 0 aromatic heterocycles. The fourth-order valence-corrected chi connectivity index (χ4v) is 2.28. The third-order valence-corrected chi connectivity index (χ3v) is 3.12. The number of ether oxygens (including phenoxy) is 2. The molecule has 0 unspecified atom stereocenters. The minimum absolute atomic E-state index is 0.340. The average Bonchev–Trinajstić information content (AvgIpc) is 2.66. The van der Waals surface area contributed by atoms with Crippen LogP contribution in [0, 0.1) is 5.92 Å². The largest absolute Gasteiger partial charge is 0.478 e. The van der Waals surface area contributed by atoms with E-state index in [9.17, 15) is 4.79 Å². The fraction of sp³-hybridized carbons (Fsp3) is 0.727. The quantitative estimate of drug-likeness (QED) is 0.706. The van der Waals surface area contributed by atoms with Gasteiger partial charge in [0, 0.05) is 18.9 Å². The van der Waals surface area contributed by atoms with Crippen molar-refractivity contribution in [3.8, 4) is 0 Å². The normalized spacial score (nSPS) is 26.4. The molecule has 15 heavy (non-hydrogen) atoms. The summed E-state index contributed by atoms with van der Waals surface area (Å²) in [6.45, 7) is 1.38. The van der Waals surface area contributed by atoms with Crippen molar-refractivity contribution in [2.75, 3.05) is 13.2 Å². The van der Waals surface area contributed by atoms with E-state index < -0.39 is 5.97 Å². The van der Waals surface area contributed by atoms with Crippen LogP contribution in [-0.2, 0) is 14.3 Å². The first-order chi connectivity index (χ1) is 7.20. The lowest BCUT2D eigenvalue weighted by Gasteiger charge is -2.34. The molecule has 0 amide bonds. The molecule has 1 N–H and O–H groups in total. The lowest BCUT2D eigenvalue weighted by molar-refractivity contribution is -0.180. The van der Waals surface area contributed by atoms with E-state index >= 15 is 0 Å². The van der Waals surface area contributed by atoms with Crippen molar-refractivity contribution in [2.24, 2.45) is 5.92 Å². The summed E-state index contributed by atoms with van der Waals surface area (Å²) in [5.41, 5.74) is 0. The highest BCUT2D eigenvalue weighted by Gasteiger charge is 2.39. The number of aliphatic carboxylic acids is 1. The molecule has 0 bridgehead atoms. The second kappa shape index (κ2) is 4.33. The molecular formula is C11H16O4. The Morgan fingerprint density at radius 3 is 2.40 bits per heavy atom. The minimum Gasteiger partial charge on any atom is -0.478 e. The molecule has 0 radical (unpaired) electrons. The highest BCUT2D eigenvalue weighted by atomic mass is 16.7. The van der Waals surface area contributed by atoms with E-state index in [0.29, 0.717) is 19.1 Å². The molecule has 1 heterocycles. The zero-order valence-corrected chi connectivity index (χ0v) is 8.65. The predicted octanol–water partition coefficient (Wildman–Crippen LogP) is 1.56. The van der Waals surface area contributed by atoms with Crippen LogP contribution >= 0.6 is 0 Å². The van der Waals surface area contributed by atoms with E-state index in [1.54, 1.807) is 6.08 Å². The summed E-state index contributed by atoms with van der Waals surface area (Å²) in [6.07, 6.45) is 6.67. The molecule has 1 aliphatic heterocycles. The molecule has 84 valence electrons. The first-order valence-corrected chi connectivity index (χ1v) is 5.39. The lowest BCUT2D eigenvalue weighted by Crippen LogP contribution is -2.34. The molecule has 0 atom stereocenters. The van der Waals surface area contributed by atoms with Gasteiger partial charge in [-0.3, -0.25) is 0 Å². The van der Waals surface area contributed by atoms with E-state index in [1.165, 1.54) is 6.08 Å². The maximum absolute atomic E-state index is 10.4. The van der Waals surface area contributed by atoms with Gasteiger partial charge in [-0.1, -0.05) is 6.08 Å². The number of carboxylic acids is 1. The summed E-state index contributed by atoms with van der Waals surface area (Å²) >= 11 is 0. The maximum Gasteiger partial charge on any atom is 0.327 e. The molecule has 4 nitrogen and oxygen atoms in total. The zero-order chi connectivity index (χ0) is 10.7. The number of carbonyl (C=O) groups is 1. The molecule has 2 fully saturated rings. The van der Waals surface area contributed by atoms with Crippen LogP contribution in [0.15, 0.2) is 12.2 Å². The molecule has 1 saturated heterocycles. The summed E-state index contributed by atoms with van der Waals surface area (Å²) < 4.78 is 11.2. The van der Waals surface area contributed by atoms with E-state index in [1.807, 2.05) is 0 Å². The Morgan fingerprint density at radius 2 is 1.87 bits per heavy atom. The third kappa shape index (κ3) is 2.58. The highest BCUT2D eigenvalue weighted by molar-refractivity contribution is 5.79. The number of hydrogen-bond donors (Lipinski definition) is 1. The van der Waals surface area contributed by atoms with Crippen molar-refractivity contribution in [3.05, 3.63) is 12.2 Å². The first-order valence-electron chi connectivity index (χ1n) is 5.39. The highest BCUT2D eigenvalue weighted by Crippen LogP contribution is 2.38. The van der Waals surface area contributed by atoms with E-state index in [0.717, 1.165) is 25.7 Å². The van der Waals surface area contributed by atoms with Gasteiger partial charge in [-0.25, -0.2) is 4.79 Å². The van der Waals surface area contributed by atoms with Gasteiger partial charge in [0.15, 0.2) is 5.79 Å². The van der Waals surface area contributed by atoms with Crippen LogP contribution in [0.2, 0.25) is 0 Å². The van der Waals surface area contributed by atoms with Gasteiger partial charge in [0.2, 0.25) is 0 Å². The Balaban J connectivity index is 1.84. The molecule has 4 heteroatoms. The number of rotatable bonds is 2. The molecule has 2 aliphatic rings. The predicted molar refractivity (Wildman–Crippen MR) is 53.4 cm³/mol. The second-order valence-electron chi connectivity index (χ2n) is 4.14. The van der Waals surface area contributed by atoms with Crippen molar-refractivity contribution in [3.63, 3.8) is 0 Å². The van der Waals surface area contributed by atoms with Gasteiger partial charge < -0.3 is 14.6 Å². The molecule has 0 aromatic carbocycles. The monoisotopic (exact) mass is 212 g/mol. The molecule has 1 aliphatic carbocycles. The fourth-order valence-electron chi connectivity index (χ4n) is 2.28. The van der Waals surface area contributed by atoms with Gasteiger partial charge in [-0.05, 0) is 18.8 Å². The Hall–Kier alpha value is -0.870. The topological polar surface area (TPSA) is 55.8 Å². The molecule has 1 spiro atoms. The van der Waals surface area contributed by atoms with Gasteiger partial charge in [0.25, 0.3) is 0 Å². The standard InChI is InChI=1S/C11H16O4/c12-10(13)2-1-9-3-5-11(6-4-9)14-7-8-15-11/h1-2,9H,3-8H2,(H,12,13)/b2-1+. The number of hydrogen-bond acceptors (Lipinski definition) is 3. The van der Waals surface area contributed by atoms with Crippen LogP contribution in [-0.4, -0.2) is 30.1 Å². The summed E-state index contributed by atoms with van der Waals surface area (Å²) in [5.74, 6) is -0.851. The summed E-state index contributed by atoms with van der Waals surface area (Å²) in [5, 5.41) is 8.51. The number of allylic oxidation sites excluding steroid dienone is 1. The summed E-state index contributed by atoms with van der Waals surface area (Å²) in [6, 6.07) is 0. The second-order valence-corrected chi connectivity index (χ2v) is 4.14. The van der Waals surface area contributed by atoms with Gasteiger partial charge in [-0.2, -0.15) is 0 Å². The Bertz CT molecular complexity index is 256. The van der Waals surface area contributed by atoms with E-state index in [2.05, 4.69) is 0 Å². The van der Waals surface area contributed by atoms with E-state index in [4.69, 9.17) is 14.6 Å². The van der Waals surface area contributed by atoms with Gasteiger partial charge in [-0.15, -0.1) is 0 Å². The molecule has 2 rings (SSSR count). The van der Waals surface area contributed by atoms with Gasteiger partial charge >= 0.3 is 5.97 Å². The van der Waals surface area contributed by atoms with Crippen molar-refractivity contribution >= 4 is 5.97 Å². The molecule has 0 aromatic rings. The summed E-state index contributed by atoms with van der Waals surface area (Å²) in [4.78, 5) is 10.4. The van der Waals surface area contributed by atoms with Crippen LogP contribution in [0.25, 0.3) is 0 Å². The smallest absolute Gasteiger partial charge is 0.327 e. The van der Waals surface area contributed by atoms with E-state index in [-0.39, 0.29) is 5.79 Å². The maximum atomic E-state index is 10.4. The Kier molecular flexibility index (Phi) is 3.07. The van der Waals surface area contributed by atoms with Crippen molar-refractivity contribution in [2.45, 2.75) is 31.5 Å². The van der Waals surface area contributed by atoms with Crippen LogP contribution < -0.4 is 0 Å². The van der Waals surface area contributed by atoms with Crippen LogP contribution in [0.1, 0.15) is 25.7 Å². The van der Waals surface area contributed by atoms with Crippen molar-refractivity contribution < 1.29 is 19.4 Å². The summed E-state index contributed by atoms with van der Waals surface area (Å²) in [7, 11) is 0. The van der Waals surface area contributed by atoms with Gasteiger partial charge in [0.1, 0.15) is 0 Å². The Morgan fingerprint density at radius 1 is 1.27 bits per heavy atom. The SMILES string of the molecule is O=C(O)/C=C/C1CCC2(CC1)OCCO2. The zero-order valence-electron chi connectivity index (χ0n) is 8.65. The molecule has 1 saturated carbocycles. The van der Waals surface area contributed by atoms with Crippen LogP contribution in [0.3, 0.4) is 0 Å². The van der Waals surface area contributed by atoms with Crippen molar-refractivity contribution in [1.29, 1.82) is 0 Å². The first kappa shape index (κ1) is 10.6. The minimum atomic E-state index is -0.872. The third-order valence-electron chi connectivity index (χ3n) is 3.12. The van der Waals surface area contributed by atoms with Crippen molar-refractivity contribution in [1.82, 2.24) is 0 Å². The van der Waals surface area contributed by atoms with Gasteiger partial charge in [0.05, 0.1) is 13.2 Å². The lowest BCUT2D eigenvalue weighted by atomic mass is 9.85.